The summed E-state index contributed by atoms with van der Waals surface area (Å²) >= 11 is 2.77. The fourth-order valence-corrected chi connectivity index (χ4v) is 3.87. The van der Waals surface area contributed by atoms with Crippen LogP contribution in [0.4, 0.5) is 9.52 Å². The van der Waals surface area contributed by atoms with E-state index in [1.54, 1.807) is 25.3 Å². The molecule has 0 bridgehead atoms. The Morgan fingerprint density at radius 3 is 2.78 bits per heavy atom. The summed E-state index contributed by atoms with van der Waals surface area (Å²) in [6, 6.07) is 13.7. The Bertz CT molecular complexity index is 942. The van der Waals surface area contributed by atoms with Gasteiger partial charge in [-0.25, -0.2) is 4.39 Å². The third-order valence-corrected chi connectivity index (χ3v) is 5.51. The molecular weight excluding hydrogens is 385 g/mol. The number of rotatable bonds is 7. The van der Waals surface area contributed by atoms with Gasteiger partial charge < -0.3 is 4.74 Å². The van der Waals surface area contributed by atoms with E-state index in [0.717, 1.165) is 15.5 Å². The topological polar surface area (TPSA) is 64.1 Å². The molecule has 0 aliphatic rings. The zero-order valence-corrected chi connectivity index (χ0v) is 16.0. The molecule has 5 nitrogen and oxygen atoms in total. The van der Waals surface area contributed by atoms with Gasteiger partial charge in [-0.05, 0) is 29.8 Å². The van der Waals surface area contributed by atoms with Gasteiger partial charge >= 0.3 is 0 Å². The molecule has 2 aromatic carbocycles. The largest absolute Gasteiger partial charge is 0.496 e. The van der Waals surface area contributed by atoms with Crippen molar-refractivity contribution < 1.29 is 13.9 Å². The Kier molecular flexibility index (Phi) is 6.56. The molecule has 27 heavy (non-hydrogen) atoms. The predicted molar refractivity (Wildman–Crippen MR) is 107 cm³/mol. The van der Waals surface area contributed by atoms with Crippen LogP contribution >= 0.6 is 23.1 Å². The number of carbonyl (C=O) groups excluding carboxylic acids is 1. The van der Waals surface area contributed by atoms with E-state index in [4.69, 9.17) is 4.74 Å². The molecule has 1 amide bonds. The second-order valence-corrected chi connectivity index (χ2v) is 7.55. The highest BCUT2D eigenvalue weighted by Crippen LogP contribution is 2.28. The summed E-state index contributed by atoms with van der Waals surface area (Å²) in [5, 5.41) is 11.1. The van der Waals surface area contributed by atoms with Crippen molar-refractivity contribution in [3.63, 3.8) is 0 Å². The van der Waals surface area contributed by atoms with Crippen LogP contribution in [0, 0.1) is 5.82 Å². The molecule has 0 aliphatic carbocycles. The number of nitrogens with zero attached hydrogens (tertiary/aromatic N) is 2. The number of thioether (sulfide) groups is 1. The lowest BCUT2D eigenvalue weighted by Crippen LogP contribution is -2.07. The average molecular weight is 401 g/mol. The Morgan fingerprint density at radius 1 is 1.22 bits per heavy atom. The first-order valence-electron chi connectivity index (χ1n) is 7.97. The SMILES string of the molecule is COc1ccccc1/C=C/C(=O)Nc1nnc(SCc2ccc(F)cc2)s1. The fourth-order valence-electron chi connectivity index (χ4n) is 2.16. The molecule has 0 fully saturated rings. The molecule has 1 heterocycles. The number of hydrogen-bond acceptors (Lipinski definition) is 6. The molecule has 0 saturated carbocycles. The summed E-state index contributed by atoms with van der Waals surface area (Å²) in [5.74, 6) is 0.784. The molecule has 3 rings (SSSR count). The van der Waals surface area contributed by atoms with Gasteiger partial charge in [0.2, 0.25) is 11.0 Å². The van der Waals surface area contributed by atoms with E-state index in [9.17, 15) is 9.18 Å². The van der Waals surface area contributed by atoms with Gasteiger partial charge in [-0.15, -0.1) is 10.2 Å². The number of ether oxygens (including phenoxy) is 1. The van der Waals surface area contributed by atoms with Crippen molar-refractivity contribution in [2.75, 3.05) is 12.4 Å². The minimum absolute atomic E-state index is 0.258. The minimum atomic E-state index is -0.299. The summed E-state index contributed by atoms with van der Waals surface area (Å²) in [4.78, 5) is 12.1. The number of carbonyl (C=O) groups is 1. The number of nitrogens with one attached hydrogen (secondary N) is 1. The van der Waals surface area contributed by atoms with Gasteiger partial charge in [-0.3, -0.25) is 10.1 Å². The molecule has 0 aliphatic heterocycles. The first kappa shape index (κ1) is 19.1. The monoisotopic (exact) mass is 401 g/mol. The van der Waals surface area contributed by atoms with Crippen LogP contribution in [0.5, 0.6) is 5.75 Å². The van der Waals surface area contributed by atoms with Crippen LogP contribution in [0.2, 0.25) is 0 Å². The van der Waals surface area contributed by atoms with E-state index in [1.807, 2.05) is 24.3 Å². The van der Waals surface area contributed by atoms with Crippen molar-refractivity contribution in [1.29, 1.82) is 0 Å². The molecule has 0 saturated heterocycles. The number of hydrogen-bond donors (Lipinski definition) is 1. The zero-order valence-electron chi connectivity index (χ0n) is 14.4. The van der Waals surface area contributed by atoms with Crippen molar-refractivity contribution in [3.8, 4) is 5.75 Å². The molecule has 1 N–H and O–H groups in total. The number of anilines is 1. The molecule has 0 spiro atoms. The Hall–Kier alpha value is -2.71. The lowest BCUT2D eigenvalue weighted by molar-refractivity contribution is -0.111. The maximum atomic E-state index is 12.9. The number of aromatic nitrogens is 2. The maximum Gasteiger partial charge on any atom is 0.250 e. The van der Waals surface area contributed by atoms with Crippen LogP contribution in [0.15, 0.2) is 58.9 Å². The average Bonchev–Trinajstić information content (AvgIpc) is 3.13. The number of methoxy groups -OCH3 is 1. The highest BCUT2D eigenvalue weighted by atomic mass is 32.2. The first-order valence-corrected chi connectivity index (χ1v) is 9.77. The van der Waals surface area contributed by atoms with Crippen molar-refractivity contribution in [3.05, 3.63) is 71.6 Å². The predicted octanol–water partition coefficient (Wildman–Crippen LogP) is 4.63. The molecule has 8 heteroatoms. The number of halogens is 1. The van der Waals surface area contributed by atoms with Crippen LogP contribution in [-0.2, 0) is 10.5 Å². The first-order chi connectivity index (χ1) is 13.1. The highest BCUT2D eigenvalue weighted by molar-refractivity contribution is 8.00. The quantitative estimate of drug-likeness (QED) is 0.355. The molecule has 1 aromatic heterocycles. The fraction of sp³-hybridized carbons (Fsp3) is 0.105. The van der Waals surface area contributed by atoms with Crippen molar-refractivity contribution in [2.24, 2.45) is 0 Å². The van der Waals surface area contributed by atoms with E-state index in [1.165, 1.54) is 41.3 Å². The van der Waals surface area contributed by atoms with Crippen LogP contribution < -0.4 is 10.1 Å². The minimum Gasteiger partial charge on any atom is -0.496 e. The van der Waals surface area contributed by atoms with Crippen molar-refractivity contribution >= 4 is 40.2 Å². The molecule has 0 unspecified atom stereocenters. The summed E-state index contributed by atoms with van der Waals surface area (Å²) in [6.07, 6.45) is 3.10. The normalized spacial score (nSPS) is 10.9. The van der Waals surface area contributed by atoms with E-state index in [0.29, 0.717) is 16.6 Å². The Morgan fingerprint density at radius 2 is 2.00 bits per heavy atom. The van der Waals surface area contributed by atoms with Crippen LogP contribution in [0.1, 0.15) is 11.1 Å². The standard InChI is InChI=1S/C19H16FN3O2S2/c1-25-16-5-3-2-4-14(16)8-11-17(24)21-18-22-23-19(27-18)26-12-13-6-9-15(20)10-7-13/h2-11H,12H2,1H3,(H,21,22,24)/b11-8+. The van der Waals surface area contributed by atoms with Gasteiger partial charge in [0.05, 0.1) is 7.11 Å². The Balaban J connectivity index is 1.54. The molecule has 0 radical (unpaired) electrons. The van der Waals surface area contributed by atoms with Crippen molar-refractivity contribution in [2.45, 2.75) is 10.1 Å². The van der Waals surface area contributed by atoms with E-state index >= 15 is 0 Å². The van der Waals surface area contributed by atoms with E-state index in [-0.39, 0.29) is 11.7 Å². The van der Waals surface area contributed by atoms with Gasteiger partial charge in [0.25, 0.3) is 0 Å². The summed E-state index contributed by atoms with van der Waals surface area (Å²) in [6.45, 7) is 0. The molecule has 138 valence electrons. The van der Waals surface area contributed by atoms with E-state index < -0.39 is 0 Å². The summed E-state index contributed by atoms with van der Waals surface area (Å²) < 4.78 is 18.9. The second kappa shape index (κ2) is 9.29. The van der Waals surface area contributed by atoms with Gasteiger partial charge in [0.1, 0.15) is 11.6 Å². The van der Waals surface area contributed by atoms with E-state index in [2.05, 4.69) is 15.5 Å². The van der Waals surface area contributed by atoms with Crippen molar-refractivity contribution in [1.82, 2.24) is 10.2 Å². The number of para-hydroxylation sites is 1. The molecular formula is C19H16FN3O2S2. The van der Waals surface area contributed by atoms with Gasteiger partial charge in [0.15, 0.2) is 4.34 Å². The highest BCUT2D eigenvalue weighted by Gasteiger charge is 2.08. The smallest absolute Gasteiger partial charge is 0.250 e. The number of benzene rings is 2. The number of amides is 1. The zero-order chi connectivity index (χ0) is 19.1. The third-order valence-electron chi connectivity index (χ3n) is 3.47. The van der Waals surface area contributed by atoms with Crippen LogP contribution in [0.25, 0.3) is 6.08 Å². The lowest BCUT2D eigenvalue weighted by atomic mass is 10.2. The third kappa shape index (κ3) is 5.63. The van der Waals surface area contributed by atoms with Gasteiger partial charge in [-0.1, -0.05) is 53.4 Å². The summed E-state index contributed by atoms with van der Waals surface area (Å²) in [7, 11) is 1.58. The lowest BCUT2D eigenvalue weighted by Gasteiger charge is -2.03. The Labute approximate surface area is 164 Å². The molecule has 0 atom stereocenters. The van der Waals surface area contributed by atoms with Crippen LogP contribution in [0.3, 0.4) is 0 Å². The molecule has 3 aromatic rings. The maximum absolute atomic E-state index is 12.9. The van der Waals surface area contributed by atoms with Gasteiger partial charge in [-0.2, -0.15) is 0 Å². The summed E-state index contributed by atoms with van der Waals surface area (Å²) in [5.41, 5.74) is 1.80. The van der Waals surface area contributed by atoms with Gasteiger partial charge in [0, 0.05) is 17.4 Å². The second-order valence-electron chi connectivity index (χ2n) is 5.35. The van der Waals surface area contributed by atoms with Crippen LogP contribution in [-0.4, -0.2) is 23.2 Å².